The lowest BCUT2D eigenvalue weighted by molar-refractivity contribution is 0.0730. The van der Waals surface area contributed by atoms with E-state index < -0.39 is 0 Å². The molecule has 2 saturated carbocycles. The van der Waals surface area contributed by atoms with Crippen molar-refractivity contribution in [1.82, 2.24) is 0 Å². The Kier molecular flexibility index (Phi) is 1.92. The fraction of sp³-hybridized carbons (Fsp3) is 1.00. The third-order valence-electron chi connectivity index (χ3n) is 3.55. The Morgan fingerprint density at radius 3 is 3.00 bits per heavy atom. The summed E-state index contributed by atoms with van der Waals surface area (Å²) < 4.78 is 0. The van der Waals surface area contributed by atoms with Gasteiger partial charge in [-0.15, -0.1) is 0 Å². The summed E-state index contributed by atoms with van der Waals surface area (Å²) in [6, 6.07) is 0. The molecule has 0 bridgehead atoms. The number of aliphatic hydroxyl groups is 1. The van der Waals surface area contributed by atoms with Crippen molar-refractivity contribution in [1.29, 1.82) is 0 Å². The van der Waals surface area contributed by atoms with Gasteiger partial charge in [-0.3, -0.25) is 0 Å². The van der Waals surface area contributed by atoms with E-state index in [2.05, 4.69) is 6.92 Å². The molecule has 0 aromatic heterocycles. The van der Waals surface area contributed by atoms with Gasteiger partial charge in [-0.2, -0.15) is 0 Å². The Labute approximate surface area is 68.8 Å². The lowest BCUT2D eigenvalue weighted by atomic mass is 9.84. The van der Waals surface area contributed by atoms with Crippen molar-refractivity contribution in [3.63, 3.8) is 0 Å². The van der Waals surface area contributed by atoms with Gasteiger partial charge in [0.15, 0.2) is 0 Å². The lowest BCUT2D eigenvalue weighted by Crippen LogP contribution is -2.24. The van der Waals surface area contributed by atoms with Crippen molar-refractivity contribution in [2.24, 2.45) is 17.8 Å². The van der Waals surface area contributed by atoms with Crippen LogP contribution < -0.4 is 0 Å². The van der Waals surface area contributed by atoms with Crippen molar-refractivity contribution in [3.8, 4) is 0 Å². The van der Waals surface area contributed by atoms with E-state index in [0.29, 0.717) is 5.92 Å². The van der Waals surface area contributed by atoms with Crippen LogP contribution in [-0.4, -0.2) is 11.2 Å². The second-order valence-corrected chi connectivity index (χ2v) is 4.23. The van der Waals surface area contributed by atoms with Crippen LogP contribution in [0.3, 0.4) is 0 Å². The summed E-state index contributed by atoms with van der Waals surface area (Å²) in [5.41, 5.74) is 0. The third-order valence-corrected chi connectivity index (χ3v) is 3.55. The first-order valence-corrected chi connectivity index (χ1v) is 5.01. The van der Waals surface area contributed by atoms with Crippen LogP contribution in [0.1, 0.15) is 39.0 Å². The van der Waals surface area contributed by atoms with Crippen LogP contribution in [0.5, 0.6) is 0 Å². The van der Waals surface area contributed by atoms with Gasteiger partial charge in [0.05, 0.1) is 6.10 Å². The minimum atomic E-state index is 0.00491. The lowest BCUT2D eigenvalue weighted by Gasteiger charge is -2.25. The molecule has 2 aliphatic carbocycles. The highest BCUT2D eigenvalue weighted by atomic mass is 16.3. The van der Waals surface area contributed by atoms with Gasteiger partial charge in [-0.1, -0.05) is 19.8 Å². The predicted octanol–water partition coefficient (Wildman–Crippen LogP) is 2.19. The van der Waals surface area contributed by atoms with Gasteiger partial charge in [0, 0.05) is 0 Å². The van der Waals surface area contributed by atoms with Crippen molar-refractivity contribution >= 4 is 0 Å². The number of rotatable bonds is 2. The van der Waals surface area contributed by atoms with Gasteiger partial charge in [0.2, 0.25) is 0 Å². The quantitative estimate of drug-likeness (QED) is 0.646. The molecule has 0 saturated heterocycles. The van der Waals surface area contributed by atoms with Gasteiger partial charge >= 0.3 is 0 Å². The molecule has 2 rings (SSSR count). The standard InChI is InChI=1S/C10H18O/c1-2-10(11)8-5-3-4-7-6-9(7)8/h7-11H,2-6H2,1H3. The molecule has 0 spiro atoms. The van der Waals surface area contributed by atoms with Crippen molar-refractivity contribution in [3.05, 3.63) is 0 Å². The molecule has 0 aromatic carbocycles. The molecule has 2 aliphatic rings. The van der Waals surface area contributed by atoms with E-state index in [4.69, 9.17) is 0 Å². The fourth-order valence-corrected chi connectivity index (χ4v) is 2.74. The molecule has 1 nitrogen and oxygen atoms in total. The van der Waals surface area contributed by atoms with E-state index in [0.717, 1.165) is 18.3 Å². The van der Waals surface area contributed by atoms with Crippen LogP contribution in [0.2, 0.25) is 0 Å². The highest BCUT2D eigenvalue weighted by Crippen LogP contribution is 2.53. The zero-order valence-corrected chi connectivity index (χ0v) is 7.29. The SMILES string of the molecule is CCC(O)C1CCCC2CC21. The molecule has 0 radical (unpaired) electrons. The average molecular weight is 154 g/mol. The second kappa shape index (κ2) is 2.78. The zero-order valence-electron chi connectivity index (χ0n) is 7.29. The number of hydrogen-bond acceptors (Lipinski definition) is 1. The average Bonchev–Trinajstić information content (AvgIpc) is 2.80. The normalized spacial score (nSPS) is 44.7. The summed E-state index contributed by atoms with van der Waals surface area (Å²) in [7, 11) is 0. The van der Waals surface area contributed by atoms with Gasteiger partial charge in [0.1, 0.15) is 0 Å². The Hall–Kier alpha value is -0.0400. The Morgan fingerprint density at radius 2 is 2.27 bits per heavy atom. The van der Waals surface area contributed by atoms with Crippen LogP contribution in [0.15, 0.2) is 0 Å². The summed E-state index contributed by atoms with van der Waals surface area (Å²) in [6.07, 6.45) is 6.47. The van der Waals surface area contributed by atoms with E-state index in [1.54, 1.807) is 0 Å². The molecule has 11 heavy (non-hydrogen) atoms. The van der Waals surface area contributed by atoms with Gasteiger partial charge in [-0.25, -0.2) is 0 Å². The minimum Gasteiger partial charge on any atom is -0.393 e. The minimum absolute atomic E-state index is 0.00491. The maximum Gasteiger partial charge on any atom is 0.0568 e. The maximum absolute atomic E-state index is 9.68. The third kappa shape index (κ3) is 1.31. The molecule has 2 fully saturated rings. The molecule has 0 aliphatic heterocycles. The Bertz CT molecular complexity index is 142. The van der Waals surface area contributed by atoms with E-state index in [9.17, 15) is 5.11 Å². The van der Waals surface area contributed by atoms with Crippen LogP contribution in [0.4, 0.5) is 0 Å². The number of hydrogen-bond donors (Lipinski definition) is 1. The first kappa shape index (κ1) is 7.60. The topological polar surface area (TPSA) is 20.2 Å². The number of aliphatic hydroxyl groups excluding tert-OH is 1. The Morgan fingerprint density at radius 1 is 1.45 bits per heavy atom. The van der Waals surface area contributed by atoms with Crippen LogP contribution in [0.25, 0.3) is 0 Å². The summed E-state index contributed by atoms with van der Waals surface area (Å²) in [4.78, 5) is 0. The van der Waals surface area contributed by atoms with Gasteiger partial charge in [-0.05, 0) is 37.0 Å². The summed E-state index contributed by atoms with van der Waals surface area (Å²) >= 11 is 0. The molecule has 1 heteroatoms. The van der Waals surface area contributed by atoms with Crippen LogP contribution in [-0.2, 0) is 0 Å². The maximum atomic E-state index is 9.68. The zero-order chi connectivity index (χ0) is 7.84. The monoisotopic (exact) mass is 154 g/mol. The van der Waals surface area contributed by atoms with E-state index in [-0.39, 0.29) is 6.10 Å². The van der Waals surface area contributed by atoms with E-state index in [1.807, 2.05) is 0 Å². The van der Waals surface area contributed by atoms with Crippen molar-refractivity contribution < 1.29 is 5.11 Å². The first-order chi connectivity index (χ1) is 5.33. The smallest absolute Gasteiger partial charge is 0.0568 e. The molecule has 0 aromatic rings. The highest BCUT2D eigenvalue weighted by Gasteiger charge is 2.46. The second-order valence-electron chi connectivity index (χ2n) is 4.23. The fourth-order valence-electron chi connectivity index (χ4n) is 2.74. The van der Waals surface area contributed by atoms with Crippen molar-refractivity contribution in [2.45, 2.75) is 45.1 Å². The molecule has 4 atom stereocenters. The van der Waals surface area contributed by atoms with Gasteiger partial charge in [0.25, 0.3) is 0 Å². The predicted molar refractivity (Wildman–Crippen MR) is 45.2 cm³/mol. The number of fused-ring (bicyclic) bond motifs is 1. The summed E-state index contributed by atoms with van der Waals surface area (Å²) in [5, 5.41) is 9.68. The van der Waals surface area contributed by atoms with Gasteiger partial charge < -0.3 is 5.11 Å². The van der Waals surface area contributed by atoms with Crippen LogP contribution in [0, 0.1) is 17.8 Å². The molecular formula is C10H18O. The van der Waals surface area contributed by atoms with E-state index >= 15 is 0 Å². The Balaban J connectivity index is 1.92. The largest absolute Gasteiger partial charge is 0.393 e. The molecule has 4 unspecified atom stereocenters. The summed E-state index contributed by atoms with van der Waals surface area (Å²) in [5.74, 6) is 2.59. The molecule has 1 N–H and O–H groups in total. The molecule has 0 amide bonds. The highest BCUT2D eigenvalue weighted by molar-refractivity contribution is 4.96. The molecular weight excluding hydrogens is 136 g/mol. The van der Waals surface area contributed by atoms with Crippen molar-refractivity contribution in [2.75, 3.05) is 0 Å². The van der Waals surface area contributed by atoms with Crippen LogP contribution >= 0.6 is 0 Å². The molecule has 64 valence electrons. The first-order valence-electron chi connectivity index (χ1n) is 5.01. The summed E-state index contributed by atoms with van der Waals surface area (Å²) in [6.45, 7) is 2.09. The molecule has 0 heterocycles. The van der Waals surface area contributed by atoms with E-state index in [1.165, 1.54) is 25.7 Å².